The minimum absolute atomic E-state index is 0.0251. The van der Waals surface area contributed by atoms with E-state index in [1.54, 1.807) is 6.07 Å². The second-order valence-corrected chi connectivity index (χ2v) is 12.0. The largest absolute Gasteiger partial charge is 0.370 e. The summed E-state index contributed by atoms with van der Waals surface area (Å²) in [7, 11) is 0. The van der Waals surface area contributed by atoms with Crippen LogP contribution in [-0.4, -0.2) is 92.3 Å². The Morgan fingerprint density at radius 3 is 2.64 bits per heavy atom. The number of guanidine groups is 2. The molecular formula is C26H35N8O5+. The van der Waals surface area contributed by atoms with Crippen LogP contribution in [0.2, 0.25) is 0 Å². The van der Waals surface area contributed by atoms with Crippen LogP contribution >= 0.6 is 0 Å². The lowest BCUT2D eigenvalue weighted by atomic mass is 9.73. The number of benzene rings is 1. The number of hydrogen-bond donors (Lipinski definition) is 7. The molecule has 5 aliphatic rings. The lowest BCUT2D eigenvalue weighted by Gasteiger charge is -2.46. The summed E-state index contributed by atoms with van der Waals surface area (Å²) < 4.78 is 0. The zero-order valence-corrected chi connectivity index (χ0v) is 22.0. The summed E-state index contributed by atoms with van der Waals surface area (Å²) in [5.74, 6) is -3.60. The molecule has 13 heteroatoms. The molecule has 4 aliphatic heterocycles. The van der Waals surface area contributed by atoms with Gasteiger partial charge in [-0.15, -0.1) is 0 Å². The Morgan fingerprint density at radius 2 is 1.92 bits per heavy atom. The fourth-order valence-corrected chi connectivity index (χ4v) is 6.95. The number of fused-ring (bicyclic) bond motifs is 1. The summed E-state index contributed by atoms with van der Waals surface area (Å²) in [6.07, 6.45) is 2.79. The van der Waals surface area contributed by atoms with Gasteiger partial charge in [0.1, 0.15) is 12.1 Å². The van der Waals surface area contributed by atoms with Gasteiger partial charge in [-0.1, -0.05) is 26.0 Å². The number of carbonyl (C=O) groups excluding carboxylic acids is 3. The minimum Gasteiger partial charge on any atom is -0.370 e. The van der Waals surface area contributed by atoms with Crippen LogP contribution in [0.4, 0.5) is 0 Å². The molecule has 4 heterocycles. The van der Waals surface area contributed by atoms with Crippen LogP contribution in [0.25, 0.3) is 0 Å². The van der Waals surface area contributed by atoms with E-state index in [1.165, 1.54) is 4.90 Å². The van der Waals surface area contributed by atoms with Gasteiger partial charge in [-0.25, -0.2) is 10.3 Å². The molecule has 0 bridgehead atoms. The topological polar surface area (TPSA) is 201 Å². The average Bonchev–Trinajstić information content (AvgIpc) is 3.45. The zero-order valence-electron chi connectivity index (χ0n) is 22.0. The molecule has 6 rings (SSSR count). The first kappa shape index (κ1) is 25.6. The number of carbonyl (C=O) groups is 3. The van der Waals surface area contributed by atoms with Crippen LogP contribution < -0.4 is 27.1 Å². The van der Waals surface area contributed by atoms with Gasteiger partial charge in [0.15, 0.2) is 12.0 Å². The number of nitrogens with zero attached hydrogens (tertiary/aromatic N) is 3. The fourth-order valence-electron chi connectivity index (χ4n) is 6.95. The molecule has 1 aliphatic carbocycles. The molecule has 1 unspecified atom stereocenters. The first-order chi connectivity index (χ1) is 18.3. The van der Waals surface area contributed by atoms with Gasteiger partial charge in [-0.3, -0.25) is 34.9 Å². The fraction of sp³-hybridized carbons (Fsp3) is 0.577. The van der Waals surface area contributed by atoms with Crippen molar-refractivity contribution in [3.63, 3.8) is 0 Å². The van der Waals surface area contributed by atoms with Gasteiger partial charge in [-0.05, 0) is 41.9 Å². The van der Waals surface area contributed by atoms with E-state index in [4.69, 9.17) is 11.5 Å². The summed E-state index contributed by atoms with van der Waals surface area (Å²) in [6.45, 7) is 4.25. The summed E-state index contributed by atoms with van der Waals surface area (Å²) in [6, 6.07) is 2.76. The maximum absolute atomic E-state index is 13.6. The van der Waals surface area contributed by atoms with Crippen LogP contribution in [0, 0.1) is 5.41 Å². The van der Waals surface area contributed by atoms with Crippen molar-refractivity contribution in [3.8, 4) is 0 Å². The van der Waals surface area contributed by atoms with Crippen molar-refractivity contribution in [2.45, 2.75) is 75.5 Å². The van der Waals surface area contributed by atoms with Crippen molar-refractivity contribution in [1.29, 1.82) is 0 Å². The Bertz CT molecular complexity index is 1320. The SMILES string of the molecule is CC1(C)CCc2c(cccc2C(=O)NC2CN3C(N)=N[C@@H](CN4C(=O)CCC4=O)[C@@H]4[NH+]=C(N)N[C@@]43C2(O)O)C1. The number of nitrogens with one attached hydrogen (secondary N) is 3. The molecule has 0 saturated carbocycles. The number of aliphatic hydroxyl groups is 2. The highest BCUT2D eigenvalue weighted by Gasteiger charge is 2.76. The van der Waals surface area contributed by atoms with Gasteiger partial charge in [0.25, 0.3) is 11.6 Å². The van der Waals surface area contributed by atoms with Gasteiger partial charge in [0.05, 0.1) is 13.1 Å². The third-order valence-electron chi connectivity index (χ3n) is 8.95. The van der Waals surface area contributed by atoms with Crippen molar-refractivity contribution in [2.24, 2.45) is 21.9 Å². The van der Waals surface area contributed by atoms with E-state index in [0.29, 0.717) is 5.56 Å². The summed E-state index contributed by atoms with van der Waals surface area (Å²) in [5.41, 5.74) is 13.5. The quantitative estimate of drug-likeness (QED) is 0.148. The Labute approximate surface area is 225 Å². The minimum atomic E-state index is -2.57. The summed E-state index contributed by atoms with van der Waals surface area (Å²) >= 11 is 0. The van der Waals surface area contributed by atoms with Crippen molar-refractivity contribution in [1.82, 2.24) is 20.4 Å². The second kappa shape index (κ2) is 8.39. The number of hydrogen-bond acceptors (Lipinski definition) is 10. The molecule has 3 amide bonds. The van der Waals surface area contributed by atoms with E-state index >= 15 is 0 Å². The Kier molecular flexibility index (Phi) is 5.50. The first-order valence-corrected chi connectivity index (χ1v) is 13.3. The van der Waals surface area contributed by atoms with E-state index < -0.39 is 35.5 Å². The van der Waals surface area contributed by atoms with Crippen LogP contribution in [0.5, 0.6) is 0 Å². The number of amides is 3. The monoisotopic (exact) mass is 539 g/mol. The van der Waals surface area contributed by atoms with Gasteiger partial charge < -0.3 is 21.3 Å². The predicted octanol–water partition coefficient (Wildman–Crippen LogP) is -3.79. The molecule has 9 N–H and O–H groups in total. The second-order valence-electron chi connectivity index (χ2n) is 12.0. The van der Waals surface area contributed by atoms with Crippen LogP contribution in [0.1, 0.15) is 54.6 Å². The molecule has 1 spiro atoms. The highest BCUT2D eigenvalue weighted by atomic mass is 16.5. The maximum Gasteiger partial charge on any atom is 0.343 e. The van der Waals surface area contributed by atoms with E-state index in [9.17, 15) is 24.6 Å². The highest BCUT2D eigenvalue weighted by Crippen LogP contribution is 2.42. The Hall–Kier alpha value is -3.71. The Balaban J connectivity index is 1.30. The van der Waals surface area contributed by atoms with Gasteiger partial charge in [0.2, 0.25) is 17.6 Å². The van der Waals surface area contributed by atoms with Crippen molar-refractivity contribution in [2.75, 3.05) is 13.1 Å². The molecule has 0 aromatic heterocycles. The van der Waals surface area contributed by atoms with E-state index in [-0.39, 0.29) is 55.1 Å². The predicted molar refractivity (Wildman–Crippen MR) is 139 cm³/mol. The normalized spacial score (nSPS) is 32.2. The summed E-state index contributed by atoms with van der Waals surface area (Å²) in [5, 5.41) is 29.2. The van der Waals surface area contributed by atoms with Gasteiger partial charge in [0, 0.05) is 18.4 Å². The zero-order chi connectivity index (χ0) is 27.9. The lowest BCUT2D eigenvalue weighted by Crippen LogP contribution is -2.90. The van der Waals surface area contributed by atoms with Crippen LogP contribution in [-0.2, 0) is 22.4 Å². The molecule has 2 fully saturated rings. The molecule has 1 aromatic rings. The van der Waals surface area contributed by atoms with Crippen LogP contribution in [0.3, 0.4) is 0 Å². The molecule has 39 heavy (non-hydrogen) atoms. The standard InChI is InChI=1S/C26H34N8O5/c1-24(2)9-8-14-13(10-24)4-3-5-15(14)21(37)30-17-12-34-23(28)29-16(11-33-18(35)6-7-19(33)36)20-25(34,26(17,38)39)32-22(27)31-20/h3-5,16-17,20,38-39H,6-12H2,1-2H3,(H2,28,29)(H,30,37)(H3,27,31,32)/p+1/t16-,17?,20-,25-/m0/s1. The molecular weight excluding hydrogens is 504 g/mol. The van der Waals surface area contributed by atoms with Gasteiger partial charge in [-0.2, -0.15) is 0 Å². The van der Waals surface area contributed by atoms with Gasteiger partial charge >= 0.3 is 5.96 Å². The maximum atomic E-state index is 13.6. The number of likely N-dealkylation sites (tertiary alicyclic amines) is 1. The number of imide groups is 1. The number of nitrogens with two attached hydrogens (primary N) is 2. The first-order valence-electron chi connectivity index (χ1n) is 13.3. The Morgan fingerprint density at radius 1 is 1.21 bits per heavy atom. The van der Waals surface area contributed by atoms with Crippen molar-refractivity contribution in [3.05, 3.63) is 34.9 Å². The third-order valence-corrected chi connectivity index (χ3v) is 8.95. The molecule has 4 atom stereocenters. The molecule has 0 radical (unpaired) electrons. The molecule has 208 valence electrons. The van der Waals surface area contributed by atoms with E-state index in [1.807, 2.05) is 12.1 Å². The van der Waals surface area contributed by atoms with Crippen molar-refractivity contribution >= 4 is 29.6 Å². The highest BCUT2D eigenvalue weighted by molar-refractivity contribution is 6.02. The smallest absolute Gasteiger partial charge is 0.343 e. The number of aliphatic imine (C=N–C) groups is 1. The van der Waals surface area contributed by atoms with E-state index in [0.717, 1.165) is 35.3 Å². The molecule has 2 saturated heterocycles. The third kappa shape index (κ3) is 3.70. The number of rotatable bonds is 4. The van der Waals surface area contributed by atoms with Crippen molar-refractivity contribution < 1.29 is 29.6 Å². The lowest BCUT2D eigenvalue weighted by molar-refractivity contribution is -0.521. The molecule has 1 aromatic carbocycles. The van der Waals surface area contributed by atoms with Crippen LogP contribution in [0.15, 0.2) is 23.2 Å². The summed E-state index contributed by atoms with van der Waals surface area (Å²) in [4.78, 5) is 48.3. The molecule has 13 nitrogen and oxygen atoms in total. The van der Waals surface area contributed by atoms with E-state index in [2.05, 4.69) is 34.5 Å². The average molecular weight is 540 g/mol.